The van der Waals surface area contributed by atoms with Crippen LogP contribution in [0.5, 0.6) is 0 Å². The first-order valence-electron chi connectivity index (χ1n) is 5.72. The van der Waals surface area contributed by atoms with E-state index in [0.29, 0.717) is 12.4 Å². The van der Waals surface area contributed by atoms with E-state index in [1.807, 2.05) is 6.92 Å². The zero-order valence-electron chi connectivity index (χ0n) is 9.89. The summed E-state index contributed by atoms with van der Waals surface area (Å²) in [6.45, 7) is 6.07. The van der Waals surface area contributed by atoms with Crippen LogP contribution >= 0.6 is 0 Å². The van der Waals surface area contributed by atoms with Crippen LogP contribution in [0.1, 0.15) is 5.69 Å². The van der Waals surface area contributed by atoms with Gasteiger partial charge < -0.3 is 10.0 Å². The highest BCUT2D eigenvalue weighted by Crippen LogP contribution is 2.14. The second kappa shape index (κ2) is 5.24. The lowest BCUT2D eigenvalue weighted by Gasteiger charge is -2.35. The number of nitrogens with one attached hydrogen (secondary N) is 1. The molecule has 0 spiro atoms. The molecule has 1 aliphatic rings. The van der Waals surface area contributed by atoms with Gasteiger partial charge in [-0.15, -0.1) is 0 Å². The average molecular weight is 239 g/mol. The summed E-state index contributed by atoms with van der Waals surface area (Å²) in [5.41, 5.74) is 0.323. The molecular weight excluding hydrogens is 222 g/mol. The molecular formula is C10H17N5O2. The highest BCUT2D eigenvalue weighted by atomic mass is 16.3. The van der Waals surface area contributed by atoms with Crippen molar-refractivity contribution in [1.82, 2.24) is 20.1 Å². The SMILES string of the molecule is Cc1n[nH]c(=O)nc1N1CCN(CCO)CC1. The van der Waals surface area contributed by atoms with Gasteiger partial charge in [0.25, 0.3) is 0 Å². The second-order valence-electron chi connectivity index (χ2n) is 4.10. The number of β-amino-alcohol motifs (C(OH)–C–C–N with tert-alkyl or cyclic N) is 1. The molecule has 0 saturated carbocycles. The van der Waals surface area contributed by atoms with Crippen molar-refractivity contribution in [2.75, 3.05) is 44.2 Å². The van der Waals surface area contributed by atoms with Gasteiger partial charge in [0, 0.05) is 32.7 Å². The molecule has 1 aromatic heterocycles. The molecule has 2 rings (SSSR count). The van der Waals surface area contributed by atoms with Crippen LogP contribution in [0.2, 0.25) is 0 Å². The normalized spacial score (nSPS) is 17.4. The van der Waals surface area contributed by atoms with Crippen molar-refractivity contribution in [3.05, 3.63) is 16.2 Å². The van der Waals surface area contributed by atoms with E-state index in [2.05, 4.69) is 25.0 Å². The van der Waals surface area contributed by atoms with Gasteiger partial charge in [-0.05, 0) is 6.92 Å². The van der Waals surface area contributed by atoms with Gasteiger partial charge in [-0.3, -0.25) is 4.90 Å². The van der Waals surface area contributed by atoms with Crippen molar-refractivity contribution in [3.8, 4) is 0 Å². The van der Waals surface area contributed by atoms with Gasteiger partial charge >= 0.3 is 5.69 Å². The number of aliphatic hydroxyl groups excluding tert-OH is 1. The first-order chi connectivity index (χ1) is 8.20. The van der Waals surface area contributed by atoms with E-state index in [0.717, 1.165) is 31.9 Å². The van der Waals surface area contributed by atoms with Crippen molar-refractivity contribution in [2.24, 2.45) is 0 Å². The van der Waals surface area contributed by atoms with Crippen LogP contribution in [0.25, 0.3) is 0 Å². The molecule has 7 nitrogen and oxygen atoms in total. The van der Waals surface area contributed by atoms with Crippen LogP contribution in [-0.2, 0) is 0 Å². The number of aryl methyl sites for hydroxylation is 1. The molecule has 0 radical (unpaired) electrons. The topological polar surface area (TPSA) is 85.4 Å². The van der Waals surface area contributed by atoms with Crippen LogP contribution in [0.3, 0.4) is 0 Å². The van der Waals surface area contributed by atoms with E-state index >= 15 is 0 Å². The molecule has 0 unspecified atom stereocenters. The lowest BCUT2D eigenvalue weighted by molar-refractivity contribution is 0.188. The van der Waals surface area contributed by atoms with Crippen LogP contribution in [0.4, 0.5) is 5.82 Å². The first kappa shape index (κ1) is 12.0. The zero-order chi connectivity index (χ0) is 12.3. The Balaban J connectivity index is 2.05. The maximum atomic E-state index is 11.2. The predicted molar refractivity (Wildman–Crippen MR) is 63.1 cm³/mol. The van der Waals surface area contributed by atoms with Gasteiger partial charge in [0.2, 0.25) is 0 Å². The number of aromatic amines is 1. The summed E-state index contributed by atoms with van der Waals surface area (Å²) < 4.78 is 0. The average Bonchev–Trinajstić information content (AvgIpc) is 2.34. The number of H-pyrrole nitrogens is 1. The molecule has 0 amide bonds. The minimum Gasteiger partial charge on any atom is -0.395 e. The van der Waals surface area contributed by atoms with Gasteiger partial charge in [-0.25, -0.2) is 9.89 Å². The Morgan fingerprint density at radius 3 is 2.71 bits per heavy atom. The molecule has 17 heavy (non-hydrogen) atoms. The first-order valence-corrected chi connectivity index (χ1v) is 5.72. The molecule has 0 aliphatic carbocycles. The summed E-state index contributed by atoms with van der Waals surface area (Å²) in [5.74, 6) is 0.664. The molecule has 2 N–H and O–H groups in total. The minimum atomic E-state index is -0.414. The van der Waals surface area contributed by atoms with Crippen molar-refractivity contribution in [1.29, 1.82) is 0 Å². The van der Waals surface area contributed by atoms with Crippen molar-refractivity contribution in [2.45, 2.75) is 6.92 Å². The summed E-state index contributed by atoms with van der Waals surface area (Å²) in [6, 6.07) is 0. The Morgan fingerprint density at radius 2 is 2.06 bits per heavy atom. The smallest absolute Gasteiger partial charge is 0.363 e. The van der Waals surface area contributed by atoms with Crippen LogP contribution in [0.15, 0.2) is 4.79 Å². The largest absolute Gasteiger partial charge is 0.395 e. The van der Waals surface area contributed by atoms with E-state index in [9.17, 15) is 4.79 Å². The quantitative estimate of drug-likeness (QED) is 0.674. The van der Waals surface area contributed by atoms with Gasteiger partial charge in [0.05, 0.1) is 6.61 Å². The maximum Gasteiger partial charge on any atom is 0.363 e. The maximum absolute atomic E-state index is 11.2. The van der Waals surface area contributed by atoms with Gasteiger partial charge in [0.1, 0.15) is 5.69 Å². The Kier molecular flexibility index (Phi) is 3.70. The predicted octanol–water partition coefficient (Wildman–Crippen LogP) is -1.41. The Bertz CT molecular complexity index is 425. The van der Waals surface area contributed by atoms with Crippen LogP contribution in [-0.4, -0.2) is 64.5 Å². The van der Waals surface area contributed by atoms with Gasteiger partial charge in [-0.2, -0.15) is 10.1 Å². The van der Waals surface area contributed by atoms with E-state index < -0.39 is 5.69 Å². The van der Waals surface area contributed by atoms with Crippen LogP contribution < -0.4 is 10.6 Å². The molecule has 1 fully saturated rings. The zero-order valence-corrected chi connectivity index (χ0v) is 9.89. The fourth-order valence-corrected chi connectivity index (χ4v) is 2.01. The number of piperazine rings is 1. The standard InChI is InChI=1S/C10H17N5O2/c1-8-9(11-10(17)13-12-8)15-4-2-14(3-5-15)6-7-16/h16H,2-7H2,1H3,(H,11,13,17). The highest BCUT2D eigenvalue weighted by molar-refractivity contribution is 5.41. The molecule has 2 heterocycles. The van der Waals surface area contributed by atoms with E-state index in [-0.39, 0.29) is 6.61 Å². The third-order valence-electron chi connectivity index (χ3n) is 2.94. The van der Waals surface area contributed by atoms with Crippen LogP contribution in [0, 0.1) is 6.92 Å². The molecule has 0 bridgehead atoms. The Morgan fingerprint density at radius 1 is 1.35 bits per heavy atom. The minimum absolute atomic E-state index is 0.184. The van der Waals surface area contributed by atoms with Gasteiger partial charge in [-0.1, -0.05) is 0 Å². The number of anilines is 1. The summed E-state index contributed by atoms with van der Waals surface area (Å²) in [5, 5.41) is 15.1. The number of aliphatic hydroxyl groups is 1. The molecule has 1 aliphatic heterocycles. The fourth-order valence-electron chi connectivity index (χ4n) is 2.01. The van der Waals surface area contributed by atoms with Crippen molar-refractivity contribution >= 4 is 5.82 Å². The van der Waals surface area contributed by atoms with E-state index in [1.54, 1.807) is 0 Å². The molecule has 1 aromatic rings. The molecule has 0 atom stereocenters. The number of nitrogens with zero attached hydrogens (tertiary/aromatic N) is 4. The van der Waals surface area contributed by atoms with E-state index in [4.69, 9.17) is 5.11 Å². The second-order valence-corrected chi connectivity index (χ2v) is 4.10. The lowest BCUT2D eigenvalue weighted by Crippen LogP contribution is -2.48. The fraction of sp³-hybridized carbons (Fsp3) is 0.700. The Hall–Kier alpha value is -1.47. The third-order valence-corrected chi connectivity index (χ3v) is 2.94. The number of hydrogen-bond acceptors (Lipinski definition) is 6. The highest BCUT2D eigenvalue weighted by Gasteiger charge is 2.19. The third kappa shape index (κ3) is 2.80. The Labute approximate surface area is 99.1 Å². The monoisotopic (exact) mass is 239 g/mol. The molecule has 0 aromatic carbocycles. The number of rotatable bonds is 3. The lowest BCUT2D eigenvalue weighted by atomic mass is 10.3. The molecule has 94 valence electrons. The number of hydrogen-bond donors (Lipinski definition) is 2. The van der Waals surface area contributed by atoms with Crippen molar-refractivity contribution < 1.29 is 5.11 Å². The molecule has 7 heteroatoms. The molecule has 1 saturated heterocycles. The number of aromatic nitrogens is 3. The summed E-state index contributed by atoms with van der Waals surface area (Å²) in [4.78, 5) is 19.4. The van der Waals surface area contributed by atoms with Crippen molar-refractivity contribution in [3.63, 3.8) is 0 Å². The summed E-state index contributed by atoms with van der Waals surface area (Å²) in [7, 11) is 0. The summed E-state index contributed by atoms with van der Waals surface area (Å²) in [6.07, 6.45) is 0. The van der Waals surface area contributed by atoms with E-state index in [1.165, 1.54) is 0 Å². The summed E-state index contributed by atoms with van der Waals surface area (Å²) >= 11 is 0. The van der Waals surface area contributed by atoms with Gasteiger partial charge in [0.15, 0.2) is 5.82 Å².